The second kappa shape index (κ2) is 3.54. The SMILES string of the molecule is Cc1csc(C=CCO)c1. The maximum Gasteiger partial charge on any atom is 0.0615 e. The van der Waals surface area contributed by atoms with Crippen LogP contribution in [-0.4, -0.2) is 11.7 Å². The fourth-order valence-corrected chi connectivity index (χ4v) is 1.53. The molecular formula is C8H10OS. The first-order chi connectivity index (χ1) is 4.83. The molecule has 0 radical (unpaired) electrons. The van der Waals surface area contributed by atoms with Crippen LogP contribution < -0.4 is 0 Å². The van der Waals surface area contributed by atoms with Crippen LogP contribution >= 0.6 is 11.3 Å². The van der Waals surface area contributed by atoms with E-state index in [4.69, 9.17) is 5.11 Å². The zero-order valence-corrected chi connectivity index (χ0v) is 6.69. The summed E-state index contributed by atoms with van der Waals surface area (Å²) in [6.45, 7) is 2.18. The highest BCUT2D eigenvalue weighted by atomic mass is 32.1. The summed E-state index contributed by atoms with van der Waals surface area (Å²) in [5.74, 6) is 0. The second-order valence-electron chi connectivity index (χ2n) is 2.11. The lowest BCUT2D eigenvalue weighted by atomic mass is 10.3. The smallest absolute Gasteiger partial charge is 0.0615 e. The number of aliphatic hydroxyl groups is 1. The molecule has 0 saturated heterocycles. The van der Waals surface area contributed by atoms with Crippen LogP contribution in [0.1, 0.15) is 10.4 Å². The molecule has 1 aromatic heterocycles. The molecule has 0 aromatic carbocycles. The lowest BCUT2D eigenvalue weighted by Gasteiger charge is -1.79. The van der Waals surface area contributed by atoms with Gasteiger partial charge in [0.2, 0.25) is 0 Å². The van der Waals surface area contributed by atoms with E-state index >= 15 is 0 Å². The minimum absolute atomic E-state index is 0.122. The molecule has 0 fully saturated rings. The summed E-state index contributed by atoms with van der Waals surface area (Å²) in [5, 5.41) is 10.5. The van der Waals surface area contributed by atoms with Crippen LogP contribution in [0.3, 0.4) is 0 Å². The third-order valence-electron chi connectivity index (χ3n) is 1.14. The summed E-state index contributed by atoms with van der Waals surface area (Å²) in [4.78, 5) is 1.20. The third-order valence-corrected chi connectivity index (χ3v) is 2.15. The van der Waals surface area contributed by atoms with Crippen LogP contribution in [0.5, 0.6) is 0 Å². The third kappa shape index (κ3) is 1.97. The van der Waals surface area contributed by atoms with Crippen LogP contribution in [0.4, 0.5) is 0 Å². The second-order valence-corrected chi connectivity index (χ2v) is 3.05. The van der Waals surface area contributed by atoms with E-state index in [1.807, 2.05) is 6.08 Å². The van der Waals surface area contributed by atoms with Gasteiger partial charge in [0.15, 0.2) is 0 Å². The van der Waals surface area contributed by atoms with Crippen molar-refractivity contribution in [2.24, 2.45) is 0 Å². The molecule has 1 aromatic rings. The molecule has 0 unspecified atom stereocenters. The quantitative estimate of drug-likeness (QED) is 0.691. The van der Waals surface area contributed by atoms with E-state index in [1.165, 1.54) is 10.4 Å². The maximum atomic E-state index is 8.45. The average Bonchev–Trinajstić information content (AvgIpc) is 2.31. The molecule has 1 heterocycles. The van der Waals surface area contributed by atoms with E-state index < -0.39 is 0 Å². The van der Waals surface area contributed by atoms with Crippen molar-refractivity contribution >= 4 is 17.4 Å². The summed E-state index contributed by atoms with van der Waals surface area (Å²) >= 11 is 1.69. The standard InChI is InChI=1S/C8H10OS/c1-7-5-8(10-6-7)3-2-4-9/h2-3,5-6,9H,4H2,1H3. The Bertz CT molecular complexity index is 225. The highest BCUT2D eigenvalue weighted by molar-refractivity contribution is 7.11. The van der Waals surface area contributed by atoms with Gasteiger partial charge >= 0.3 is 0 Å². The molecule has 1 N–H and O–H groups in total. The van der Waals surface area contributed by atoms with Gasteiger partial charge in [-0.3, -0.25) is 0 Å². The van der Waals surface area contributed by atoms with Gasteiger partial charge in [-0.1, -0.05) is 6.08 Å². The van der Waals surface area contributed by atoms with E-state index in [9.17, 15) is 0 Å². The van der Waals surface area contributed by atoms with E-state index in [2.05, 4.69) is 18.4 Å². The largest absolute Gasteiger partial charge is 0.392 e. The molecular weight excluding hydrogens is 144 g/mol. The van der Waals surface area contributed by atoms with E-state index in [0.717, 1.165) is 0 Å². The fraction of sp³-hybridized carbons (Fsp3) is 0.250. The van der Waals surface area contributed by atoms with Gasteiger partial charge in [-0.05, 0) is 30.0 Å². The number of rotatable bonds is 2. The van der Waals surface area contributed by atoms with Gasteiger partial charge in [0.1, 0.15) is 0 Å². The van der Waals surface area contributed by atoms with E-state index in [0.29, 0.717) is 0 Å². The molecule has 0 aliphatic rings. The minimum atomic E-state index is 0.122. The summed E-state index contributed by atoms with van der Waals surface area (Å²) < 4.78 is 0. The molecule has 0 amide bonds. The number of aliphatic hydroxyl groups excluding tert-OH is 1. The Kier molecular flexibility index (Phi) is 2.66. The Morgan fingerprint density at radius 2 is 2.50 bits per heavy atom. The molecule has 0 spiro atoms. The van der Waals surface area contributed by atoms with Gasteiger partial charge in [-0.25, -0.2) is 0 Å². The minimum Gasteiger partial charge on any atom is -0.392 e. The number of hydrogen-bond donors (Lipinski definition) is 1. The molecule has 0 atom stereocenters. The van der Waals surface area contributed by atoms with Gasteiger partial charge in [0.05, 0.1) is 6.61 Å². The topological polar surface area (TPSA) is 20.2 Å². The molecule has 0 aliphatic carbocycles. The van der Waals surface area contributed by atoms with Crippen molar-refractivity contribution in [2.45, 2.75) is 6.92 Å². The first-order valence-corrected chi connectivity index (χ1v) is 4.03. The summed E-state index contributed by atoms with van der Waals surface area (Å²) in [6, 6.07) is 2.09. The highest BCUT2D eigenvalue weighted by Gasteiger charge is 1.88. The molecule has 0 bridgehead atoms. The highest BCUT2D eigenvalue weighted by Crippen LogP contribution is 2.14. The van der Waals surface area contributed by atoms with Crippen molar-refractivity contribution in [1.82, 2.24) is 0 Å². The van der Waals surface area contributed by atoms with Gasteiger partial charge in [0, 0.05) is 4.88 Å². The summed E-state index contributed by atoms with van der Waals surface area (Å²) in [7, 11) is 0. The maximum absolute atomic E-state index is 8.45. The number of aryl methyl sites for hydroxylation is 1. The molecule has 2 heteroatoms. The first kappa shape index (κ1) is 7.51. The predicted octanol–water partition coefficient (Wildman–Crippen LogP) is 2.06. The molecule has 0 aliphatic heterocycles. The molecule has 1 rings (SSSR count). The van der Waals surface area contributed by atoms with Crippen LogP contribution in [0, 0.1) is 6.92 Å². The Morgan fingerprint density at radius 1 is 1.70 bits per heavy atom. The van der Waals surface area contributed by atoms with Crippen molar-refractivity contribution < 1.29 is 5.11 Å². The number of hydrogen-bond acceptors (Lipinski definition) is 2. The Balaban J connectivity index is 2.67. The van der Waals surface area contributed by atoms with Crippen LogP contribution in [0.15, 0.2) is 17.5 Å². The van der Waals surface area contributed by atoms with Gasteiger partial charge in [-0.15, -0.1) is 11.3 Å². The van der Waals surface area contributed by atoms with Crippen LogP contribution in [0.25, 0.3) is 6.08 Å². The van der Waals surface area contributed by atoms with Gasteiger partial charge in [-0.2, -0.15) is 0 Å². The molecule has 10 heavy (non-hydrogen) atoms. The Morgan fingerprint density at radius 3 is 3.00 bits per heavy atom. The van der Waals surface area contributed by atoms with Crippen molar-refractivity contribution in [2.75, 3.05) is 6.61 Å². The monoisotopic (exact) mass is 154 g/mol. The fourth-order valence-electron chi connectivity index (χ4n) is 0.710. The van der Waals surface area contributed by atoms with Crippen LogP contribution in [-0.2, 0) is 0 Å². The van der Waals surface area contributed by atoms with E-state index in [1.54, 1.807) is 17.4 Å². The lowest BCUT2D eigenvalue weighted by molar-refractivity contribution is 0.343. The van der Waals surface area contributed by atoms with Crippen molar-refractivity contribution in [1.29, 1.82) is 0 Å². The van der Waals surface area contributed by atoms with Crippen molar-refractivity contribution in [3.05, 3.63) is 28.0 Å². The van der Waals surface area contributed by atoms with Crippen LogP contribution in [0.2, 0.25) is 0 Å². The number of thiophene rings is 1. The summed E-state index contributed by atoms with van der Waals surface area (Å²) in [6.07, 6.45) is 3.67. The van der Waals surface area contributed by atoms with Gasteiger partial charge in [0.25, 0.3) is 0 Å². The lowest BCUT2D eigenvalue weighted by Crippen LogP contribution is -1.68. The molecule has 54 valence electrons. The van der Waals surface area contributed by atoms with Gasteiger partial charge < -0.3 is 5.11 Å². The van der Waals surface area contributed by atoms with Crippen molar-refractivity contribution in [3.8, 4) is 0 Å². The predicted molar refractivity (Wildman–Crippen MR) is 45.2 cm³/mol. The normalized spacial score (nSPS) is 11.0. The Hall–Kier alpha value is -0.600. The Labute approximate surface area is 64.6 Å². The summed E-state index contributed by atoms with van der Waals surface area (Å²) in [5.41, 5.74) is 1.28. The van der Waals surface area contributed by atoms with Crippen molar-refractivity contribution in [3.63, 3.8) is 0 Å². The average molecular weight is 154 g/mol. The molecule has 0 saturated carbocycles. The van der Waals surface area contributed by atoms with E-state index in [-0.39, 0.29) is 6.61 Å². The first-order valence-electron chi connectivity index (χ1n) is 3.15. The zero-order valence-electron chi connectivity index (χ0n) is 5.87. The molecule has 1 nitrogen and oxygen atoms in total. The zero-order chi connectivity index (χ0) is 7.40.